The van der Waals surface area contributed by atoms with Gasteiger partial charge in [-0.15, -0.1) is 0 Å². The van der Waals surface area contributed by atoms with Gasteiger partial charge in [-0.05, 0) is 91.4 Å². The molecule has 0 bridgehead atoms. The van der Waals surface area contributed by atoms with Crippen molar-refractivity contribution in [2.24, 2.45) is 0 Å². The molecule has 0 N–H and O–H groups in total. The topological polar surface area (TPSA) is 16.4 Å². The Morgan fingerprint density at radius 3 is 1.90 bits per heavy atom. The number of para-hydroxylation sites is 1. The van der Waals surface area contributed by atoms with Crippen LogP contribution in [0.5, 0.6) is 0 Å². The smallest absolute Gasteiger partial charge is 0.247 e. The number of fused-ring (bicyclic) bond motifs is 7. The lowest BCUT2D eigenvalue weighted by atomic mass is 9.29. The second kappa shape index (κ2) is 9.91. The standard InChI is InChI=1S/C45H48BNO/c1-42(2,3)27-16-19-29(20-17-27)47-36-22-18-28(43(4,5)6)24-35(36)46-34-25-31-30-14-12-13-15-38(30)48-39(31)26-33(34)45(10,11)40-32(44(7,8)9)21-23-37(47)41(40)46/h12-26H,1-11H3. The molecule has 0 aliphatic carbocycles. The van der Waals surface area contributed by atoms with Crippen molar-refractivity contribution >= 4 is 62.1 Å². The summed E-state index contributed by atoms with van der Waals surface area (Å²) in [5.41, 5.74) is 16.7. The summed E-state index contributed by atoms with van der Waals surface area (Å²) < 4.78 is 6.54. The summed E-state index contributed by atoms with van der Waals surface area (Å²) in [5.74, 6) is 0. The van der Waals surface area contributed by atoms with Gasteiger partial charge in [0.1, 0.15) is 11.2 Å². The maximum atomic E-state index is 6.54. The minimum Gasteiger partial charge on any atom is -0.456 e. The summed E-state index contributed by atoms with van der Waals surface area (Å²) in [5, 5.41) is 2.38. The molecule has 8 rings (SSSR count). The monoisotopic (exact) mass is 629 g/mol. The van der Waals surface area contributed by atoms with E-state index in [0.717, 1.165) is 11.2 Å². The zero-order valence-electron chi connectivity index (χ0n) is 30.6. The van der Waals surface area contributed by atoms with Crippen LogP contribution in [0.1, 0.15) is 104 Å². The first-order valence-corrected chi connectivity index (χ1v) is 17.6. The van der Waals surface area contributed by atoms with Crippen LogP contribution in [0.2, 0.25) is 0 Å². The molecule has 48 heavy (non-hydrogen) atoms. The molecular formula is C45H48BNO. The third-order valence-corrected chi connectivity index (χ3v) is 11.2. The average molecular weight is 630 g/mol. The van der Waals surface area contributed by atoms with Crippen LogP contribution in [0.4, 0.5) is 17.1 Å². The Morgan fingerprint density at radius 2 is 1.23 bits per heavy atom. The Morgan fingerprint density at radius 1 is 0.583 bits per heavy atom. The first-order valence-electron chi connectivity index (χ1n) is 17.6. The number of rotatable bonds is 1. The maximum absolute atomic E-state index is 6.54. The number of nitrogens with zero attached hydrogens (tertiary/aromatic N) is 1. The number of benzene rings is 5. The Balaban J connectivity index is 1.51. The van der Waals surface area contributed by atoms with Crippen molar-refractivity contribution in [2.75, 3.05) is 4.90 Å². The largest absolute Gasteiger partial charge is 0.456 e. The molecule has 0 saturated carbocycles. The van der Waals surface area contributed by atoms with Gasteiger partial charge in [0.15, 0.2) is 0 Å². The molecule has 0 saturated heterocycles. The second-order valence-electron chi connectivity index (χ2n) is 17.9. The van der Waals surface area contributed by atoms with Gasteiger partial charge in [-0.1, -0.05) is 136 Å². The Labute approximate surface area is 287 Å². The molecular weight excluding hydrogens is 581 g/mol. The minimum absolute atomic E-state index is 0.0199. The second-order valence-corrected chi connectivity index (χ2v) is 17.9. The van der Waals surface area contributed by atoms with Gasteiger partial charge in [0.05, 0.1) is 0 Å². The van der Waals surface area contributed by atoms with Crippen LogP contribution in [0.25, 0.3) is 21.9 Å². The third kappa shape index (κ3) is 4.46. The fraction of sp³-hybridized carbons (Fsp3) is 0.333. The van der Waals surface area contributed by atoms with Crippen molar-refractivity contribution in [3.05, 3.63) is 119 Å². The van der Waals surface area contributed by atoms with Crippen molar-refractivity contribution in [2.45, 2.75) is 97.8 Å². The van der Waals surface area contributed by atoms with E-state index in [2.05, 4.69) is 172 Å². The lowest BCUT2D eigenvalue weighted by molar-refractivity contribution is 0.551. The molecule has 3 heterocycles. The maximum Gasteiger partial charge on any atom is 0.247 e. The Kier molecular flexibility index (Phi) is 6.41. The van der Waals surface area contributed by atoms with Crippen LogP contribution in [0, 0.1) is 0 Å². The van der Waals surface area contributed by atoms with Crippen molar-refractivity contribution in [1.29, 1.82) is 0 Å². The predicted molar refractivity (Wildman–Crippen MR) is 208 cm³/mol. The zero-order chi connectivity index (χ0) is 34.1. The quantitative estimate of drug-likeness (QED) is 0.168. The summed E-state index contributed by atoms with van der Waals surface area (Å²) >= 11 is 0. The summed E-state index contributed by atoms with van der Waals surface area (Å²) in [4.78, 5) is 2.54. The highest BCUT2D eigenvalue weighted by molar-refractivity contribution is 6.99. The highest BCUT2D eigenvalue weighted by Gasteiger charge is 2.48. The van der Waals surface area contributed by atoms with E-state index in [0.29, 0.717) is 0 Å². The molecule has 3 heteroatoms. The Bertz CT molecular complexity index is 2260. The van der Waals surface area contributed by atoms with E-state index in [1.165, 1.54) is 72.0 Å². The van der Waals surface area contributed by atoms with Gasteiger partial charge in [0.25, 0.3) is 0 Å². The van der Waals surface area contributed by atoms with Gasteiger partial charge in [-0.2, -0.15) is 0 Å². The van der Waals surface area contributed by atoms with E-state index < -0.39 is 0 Å². The Hall–Kier alpha value is -4.24. The molecule has 2 aliphatic rings. The fourth-order valence-corrected chi connectivity index (χ4v) is 8.55. The molecule has 0 atom stereocenters. The van der Waals surface area contributed by atoms with Crippen molar-refractivity contribution in [1.82, 2.24) is 0 Å². The summed E-state index contributed by atoms with van der Waals surface area (Å²) in [6.45, 7) is 25.9. The summed E-state index contributed by atoms with van der Waals surface area (Å²) in [6.07, 6.45) is 0. The molecule has 0 radical (unpaired) electrons. The molecule has 0 amide bonds. The van der Waals surface area contributed by atoms with Gasteiger partial charge in [0.2, 0.25) is 6.71 Å². The fourth-order valence-electron chi connectivity index (χ4n) is 8.55. The third-order valence-electron chi connectivity index (χ3n) is 11.2. The summed E-state index contributed by atoms with van der Waals surface area (Å²) in [6, 6.07) is 34.7. The van der Waals surface area contributed by atoms with Crippen LogP contribution in [0.3, 0.4) is 0 Å². The normalized spacial score (nSPS) is 15.5. The molecule has 5 aromatic carbocycles. The van der Waals surface area contributed by atoms with Gasteiger partial charge in [-0.3, -0.25) is 0 Å². The van der Waals surface area contributed by atoms with Crippen molar-refractivity contribution in [3.63, 3.8) is 0 Å². The van der Waals surface area contributed by atoms with E-state index in [9.17, 15) is 0 Å². The van der Waals surface area contributed by atoms with E-state index in [-0.39, 0.29) is 28.4 Å². The molecule has 6 aromatic rings. The average Bonchev–Trinajstić information content (AvgIpc) is 3.38. The lowest BCUT2D eigenvalue weighted by Gasteiger charge is -2.47. The minimum atomic E-state index is -0.242. The highest BCUT2D eigenvalue weighted by atomic mass is 16.3. The van der Waals surface area contributed by atoms with Crippen LogP contribution >= 0.6 is 0 Å². The first kappa shape index (κ1) is 31.1. The molecule has 1 aromatic heterocycles. The van der Waals surface area contributed by atoms with Gasteiger partial charge < -0.3 is 9.32 Å². The molecule has 2 nitrogen and oxygen atoms in total. The zero-order valence-corrected chi connectivity index (χ0v) is 30.6. The van der Waals surface area contributed by atoms with Crippen molar-refractivity contribution in [3.8, 4) is 0 Å². The lowest BCUT2D eigenvalue weighted by Crippen LogP contribution is -2.64. The molecule has 0 fully saturated rings. The van der Waals surface area contributed by atoms with Crippen LogP contribution < -0.4 is 21.3 Å². The van der Waals surface area contributed by atoms with Crippen LogP contribution in [-0.4, -0.2) is 6.71 Å². The SMILES string of the molecule is CC(C)(C)c1ccc(N2c3ccc(C(C)(C)C)cc3B3c4cc5c(cc4C(C)(C)c4c(C(C)(C)C)ccc2c43)oc2ccccc25)cc1. The van der Waals surface area contributed by atoms with E-state index in [1.807, 2.05) is 0 Å². The number of hydrogen-bond acceptors (Lipinski definition) is 2. The van der Waals surface area contributed by atoms with E-state index in [1.54, 1.807) is 0 Å². The van der Waals surface area contributed by atoms with Gasteiger partial charge >= 0.3 is 0 Å². The van der Waals surface area contributed by atoms with Crippen molar-refractivity contribution < 1.29 is 4.42 Å². The number of anilines is 3. The predicted octanol–water partition coefficient (Wildman–Crippen LogP) is 10.4. The van der Waals surface area contributed by atoms with Gasteiger partial charge in [0, 0.05) is 33.2 Å². The molecule has 2 aliphatic heterocycles. The van der Waals surface area contributed by atoms with E-state index >= 15 is 0 Å². The van der Waals surface area contributed by atoms with E-state index in [4.69, 9.17) is 4.42 Å². The van der Waals surface area contributed by atoms with Gasteiger partial charge in [-0.25, -0.2) is 0 Å². The highest BCUT2D eigenvalue weighted by Crippen LogP contribution is 2.47. The number of hydrogen-bond donors (Lipinski definition) is 0. The molecule has 0 unspecified atom stereocenters. The number of furan rings is 1. The molecule has 0 spiro atoms. The van der Waals surface area contributed by atoms with Crippen LogP contribution in [-0.2, 0) is 21.7 Å². The first-order chi connectivity index (χ1) is 22.5. The van der Waals surface area contributed by atoms with Crippen LogP contribution in [0.15, 0.2) is 95.4 Å². The molecule has 242 valence electrons. The summed E-state index contributed by atoms with van der Waals surface area (Å²) in [7, 11) is 0.